The van der Waals surface area contributed by atoms with Crippen molar-refractivity contribution in [2.45, 2.75) is 6.18 Å². The molecule has 0 spiro atoms. The number of pyridine rings is 1. The van der Waals surface area contributed by atoms with Gasteiger partial charge in [-0.05, 0) is 36.4 Å². The molecule has 0 saturated carbocycles. The third-order valence-corrected chi connectivity index (χ3v) is 2.67. The summed E-state index contributed by atoms with van der Waals surface area (Å²) in [5.41, 5.74) is 1.81. The van der Waals surface area contributed by atoms with Crippen LogP contribution in [0.1, 0.15) is 5.56 Å². The number of rotatable bonds is 3. The highest BCUT2D eigenvalue weighted by molar-refractivity contribution is 6.30. The molecule has 1 aromatic heterocycles. The lowest BCUT2D eigenvalue weighted by Gasteiger charge is -2.12. The van der Waals surface area contributed by atoms with Gasteiger partial charge in [-0.25, -0.2) is 10.8 Å². The smallest absolute Gasteiger partial charge is 0.340 e. The Morgan fingerprint density at radius 1 is 1.05 bits per heavy atom. The molecule has 0 bridgehead atoms. The monoisotopic (exact) mass is 302 g/mol. The molecule has 0 radical (unpaired) electrons. The van der Waals surface area contributed by atoms with Crippen molar-refractivity contribution in [1.82, 2.24) is 4.98 Å². The minimum Gasteiger partial charge on any atom is -0.340 e. The number of alkyl halides is 3. The molecule has 2 rings (SSSR count). The summed E-state index contributed by atoms with van der Waals surface area (Å²) < 4.78 is 38.2. The molecule has 0 aliphatic heterocycles. The van der Waals surface area contributed by atoms with Crippen LogP contribution in [0.25, 0.3) is 0 Å². The normalized spacial score (nSPS) is 11.2. The van der Waals surface area contributed by atoms with Crippen molar-refractivity contribution in [2.24, 2.45) is 5.84 Å². The van der Waals surface area contributed by atoms with Gasteiger partial charge in [-0.1, -0.05) is 11.6 Å². The summed E-state index contributed by atoms with van der Waals surface area (Å²) in [7, 11) is 0. The third-order valence-electron chi connectivity index (χ3n) is 2.42. The summed E-state index contributed by atoms with van der Waals surface area (Å²) in [4.78, 5) is 3.90. The van der Waals surface area contributed by atoms with E-state index in [9.17, 15) is 13.2 Å². The Morgan fingerprint density at radius 2 is 1.65 bits per heavy atom. The summed E-state index contributed by atoms with van der Waals surface area (Å²) in [6, 6.07) is 8.20. The van der Waals surface area contributed by atoms with Gasteiger partial charge >= 0.3 is 6.18 Å². The molecule has 0 saturated heterocycles. The Hall–Kier alpha value is -1.99. The number of nitrogens with zero attached hydrogens (tertiary/aromatic N) is 1. The van der Waals surface area contributed by atoms with Gasteiger partial charge in [-0.15, -0.1) is 0 Å². The first-order valence-corrected chi connectivity index (χ1v) is 5.85. The summed E-state index contributed by atoms with van der Waals surface area (Å²) in [6.45, 7) is 0. The quantitative estimate of drug-likeness (QED) is 0.596. The lowest BCUT2D eigenvalue weighted by atomic mass is 10.2. The number of benzene rings is 1. The van der Waals surface area contributed by atoms with Crippen LogP contribution < -0.4 is 16.6 Å². The number of halogens is 4. The Morgan fingerprint density at radius 3 is 2.20 bits per heavy atom. The molecular formula is C12H10ClF3N4. The molecule has 8 heteroatoms. The van der Waals surface area contributed by atoms with Crippen LogP contribution in [0.15, 0.2) is 36.4 Å². The van der Waals surface area contributed by atoms with Crippen molar-refractivity contribution in [3.8, 4) is 0 Å². The molecule has 2 aromatic rings. The highest BCUT2D eigenvalue weighted by Gasteiger charge is 2.31. The van der Waals surface area contributed by atoms with Crippen molar-refractivity contribution < 1.29 is 13.2 Å². The van der Waals surface area contributed by atoms with Gasteiger partial charge in [-0.3, -0.25) is 0 Å². The fraction of sp³-hybridized carbons (Fsp3) is 0.0833. The van der Waals surface area contributed by atoms with E-state index in [0.717, 1.165) is 12.1 Å². The first-order valence-electron chi connectivity index (χ1n) is 5.47. The predicted molar refractivity (Wildman–Crippen MR) is 71.8 cm³/mol. The zero-order valence-corrected chi connectivity index (χ0v) is 10.8. The Bertz CT molecular complexity index is 599. The molecule has 4 nitrogen and oxygen atoms in total. The third kappa shape index (κ3) is 3.52. The molecule has 20 heavy (non-hydrogen) atoms. The first-order chi connectivity index (χ1) is 9.38. The van der Waals surface area contributed by atoms with E-state index in [2.05, 4.69) is 15.7 Å². The Balaban J connectivity index is 2.33. The number of anilines is 3. The van der Waals surface area contributed by atoms with Crippen molar-refractivity contribution in [1.29, 1.82) is 0 Å². The fourth-order valence-electron chi connectivity index (χ4n) is 1.51. The zero-order valence-electron chi connectivity index (χ0n) is 10.0. The Kier molecular flexibility index (Phi) is 4.01. The van der Waals surface area contributed by atoms with E-state index in [4.69, 9.17) is 17.4 Å². The van der Waals surface area contributed by atoms with Gasteiger partial charge in [0.05, 0.1) is 5.56 Å². The van der Waals surface area contributed by atoms with Crippen LogP contribution in [-0.4, -0.2) is 4.98 Å². The van der Waals surface area contributed by atoms with Crippen molar-refractivity contribution >= 4 is 28.9 Å². The lowest BCUT2D eigenvalue weighted by molar-refractivity contribution is -0.137. The van der Waals surface area contributed by atoms with Crippen LogP contribution in [0, 0.1) is 0 Å². The molecule has 1 heterocycles. The maximum Gasteiger partial charge on any atom is 0.416 e. The van der Waals surface area contributed by atoms with Gasteiger partial charge in [0.1, 0.15) is 11.6 Å². The van der Waals surface area contributed by atoms with Crippen LogP contribution in [0.5, 0.6) is 0 Å². The lowest BCUT2D eigenvalue weighted by Crippen LogP contribution is -2.13. The SMILES string of the molecule is NNc1cc(C(F)(F)F)cc(Nc2ccc(Cl)cc2)n1. The molecule has 106 valence electrons. The maximum absolute atomic E-state index is 12.7. The number of hydrazine groups is 1. The topological polar surface area (TPSA) is 63.0 Å². The Labute approximate surface area is 117 Å². The molecule has 1 aromatic carbocycles. The first kappa shape index (κ1) is 14.4. The van der Waals surface area contributed by atoms with Gasteiger partial charge < -0.3 is 10.7 Å². The van der Waals surface area contributed by atoms with Crippen LogP contribution in [0.2, 0.25) is 5.02 Å². The second-order valence-corrected chi connectivity index (χ2v) is 4.34. The van der Waals surface area contributed by atoms with E-state index in [1.165, 1.54) is 0 Å². The molecule has 0 fully saturated rings. The average Bonchev–Trinajstić information content (AvgIpc) is 2.40. The second kappa shape index (κ2) is 5.56. The van der Waals surface area contributed by atoms with E-state index < -0.39 is 11.7 Å². The molecule has 0 amide bonds. The van der Waals surface area contributed by atoms with Crippen LogP contribution in [-0.2, 0) is 6.18 Å². The second-order valence-electron chi connectivity index (χ2n) is 3.90. The average molecular weight is 303 g/mol. The highest BCUT2D eigenvalue weighted by Crippen LogP contribution is 2.32. The van der Waals surface area contributed by atoms with Crippen LogP contribution in [0.3, 0.4) is 0 Å². The minimum absolute atomic E-state index is 0.0232. The van der Waals surface area contributed by atoms with Crippen molar-refractivity contribution in [3.63, 3.8) is 0 Å². The predicted octanol–water partition coefficient (Wildman–Crippen LogP) is 3.78. The van der Waals surface area contributed by atoms with Crippen LogP contribution >= 0.6 is 11.6 Å². The number of aromatic nitrogens is 1. The molecule has 0 atom stereocenters. The number of hydrogen-bond donors (Lipinski definition) is 3. The van der Waals surface area contributed by atoms with E-state index in [1.54, 1.807) is 24.3 Å². The fourth-order valence-corrected chi connectivity index (χ4v) is 1.64. The molecule has 0 aliphatic carbocycles. The van der Waals surface area contributed by atoms with Gasteiger partial charge in [-0.2, -0.15) is 13.2 Å². The molecule has 4 N–H and O–H groups in total. The summed E-state index contributed by atoms with van der Waals surface area (Å²) in [6.07, 6.45) is -4.48. The number of nitrogens with one attached hydrogen (secondary N) is 2. The van der Waals surface area contributed by atoms with Crippen molar-refractivity contribution in [3.05, 3.63) is 47.0 Å². The van der Waals surface area contributed by atoms with Crippen LogP contribution in [0.4, 0.5) is 30.5 Å². The molecular weight excluding hydrogens is 293 g/mol. The maximum atomic E-state index is 12.7. The molecule has 0 aliphatic rings. The number of nitrogens with two attached hydrogens (primary N) is 1. The van der Waals surface area contributed by atoms with Gasteiger partial charge in [0.2, 0.25) is 0 Å². The van der Waals surface area contributed by atoms with Gasteiger partial charge in [0.15, 0.2) is 0 Å². The minimum atomic E-state index is -4.48. The number of hydrogen-bond acceptors (Lipinski definition) is 4. The number of nitrogen functional groups attached to an aromatic ring is 1. The summed E-state index contributed by atoms with van der Waals surface area (Å²) in [5.74, 6) is 5.06. The van der Waals surface area contributed by atoms with Gasteiger partial charge in [0, 0.05) is 10.7 Å². The van der Waals surface area contributed by atoms with E-state index in [1.807, 2.05) is 0 Å². The van der Waals surface area contributed by atoms with Gasteiger partial charge in [0.25, 0.3) is 0 Å². The largest absolute Gasteiger partial charge is 0.416 e. The summed E-state index contributed by atoms with van der Waals surface area (Å²) >= 11 is 5.73. The van der Waals surface area contributed by atoms with E-state index in [0.29, 0.717) is 10.7 Å². The summed E-state index contributed by atoms with van der Waals surface area (Å²) in [5, 5.41) is 3.28. The zero-order chi connectivity index (χ0) is 14.8. The highest BCUT2D eigenvalue weighted by atomic mass is 35.5. The van der Waals surface area contributed by atoms with Crippen molar-refractivity contribution in [2.75, 3.05) is 10.7 Å². The van der Waals surface area contributed by atoms with E-state index >= 15 is 0 Å². The van der Waals surface area contributed by atoms with E-state index in [-0.39, 0.29) is 11.6 Å². The standard InChI is InChI=1S/C12H10ClF3N4/c13-8-1-3-9(4-2-8)18-10-5-7(12(14,15)16)6-11(19-10)20-17/h1-6H,17H2,(H2,18,19,20). The molecule has 0 unspecified atom stereocenters.